The molecule has 0 radical (unpaired) electrons. The van der Waals surface area contributed by atoms with E-state index in [9.17, 15) is 9.59 Å². The van der Waals surface area contributed by atoms with Gasteiger partial charge in [0.05, 0.1) is 5.02 Å². The quantitative estimate of drug-likeness (QED) is 0.221. The molecule has 3 N–H and O–H groups in total. The van der Waals surface area contributed by atoms with Crippen molar-refractivity contribution in [3.8, 4) is 0 Å². The van der Waals surface area contributed by atoms with Crippen LogP contribution in [0.1, 0.15) is 33.3 Å². The van der Waals surface area contributed by atoms with E-state index in [1.807, 2.05) is 12.1 Å². The van der Waals surface area contributed by atoms with Crippen LogP contribution in [0.15, 0.2) is 23.4 Å². The maximum absolute atomic E-state index is 11.8. The number of hydrogen-bond donors (Lipinski definition) is 2. The van der Waals surface area contributed by atoms with Crippen LogP contribution >= 0.6 is 34.2 Å². The third kappa shape index (κ3) is 8.39. The summed E-state index contributed by atoms with van der Waals surface area (Å²) in [6, 6.07) is 4.54. The highest BCUT2D eigenvalue weighted by atomic mass is 127. The molecule has 0 heterocycles. The number of benzene rings is 1. The van der Waals surface area contributed by atoms with Gasteiger partial charge in [-0.05, 0) is 68.0 Å². The molecule has 25 heavy (non-hydrogen) atoms. The van der Waals surface area contributed by atoms with Gasteiger partial charge in [-0.3, -0.25) is 0 Å². The highest BCUT2D eigenvalue weighted by Crippen LogP contribution is 2.19. The van der Waals surface area contributed by atoms with Crippen LogP contribution in [0.2, 0.25) is 5.02 Å². The largest absolute Gasteiger partial charge is 0.444 e. The Kier molecular flexibility index (Phi) is 7.94. The lowest BCUT2D eigenvalue weighted by atomic mass is 10.1. The molecular weight excluding hydrogens is 461 g/mol. The topological polar surface area (TPSA) is 103 Å². The average Bonchev–Trinajstić information content (AvgIpc) is 2.46. The van der Waals surface area contributed by atoms with E-state index in [1.165, 1.54) is 6.92 Å². The van der Waals surface area contributed by atoms with E-state index < -0.39 is 23.7 Å². The predicted octanol–water partition coefficient (Wildman–Crippen LogP) is 3.22. The normalized spacial score (nSPS) is 13.1. The second kappa shape index (κ2) is 9.23. The number of nitrogens with two attached hydrogens (primary N) is 1. The Morgan fingerprint density at radius 2 is 2.04 bits per heavy atom. The second-order valence-corrected chi connectivity index (χ2v) is 7.86. The van der Waals surface area contributed by atoms with Gasteiger partial charge in [0.15, 0.2) is 0 Å². The molecule has 1 amide bonds. The zero-order valence-electron chi connectivity index (χ0n) is 14.4. The molecule has 0 spiro atoms. The number of nitrogens with one attached hydrogen (secondary N) is 1. The van der Waals surface area contributed by atoms with Crippen molar-refractivity contribution in [3.63, 3.8) is 0 Å². The second-order valence-electron chi connectivity index (χ2n) is 6.29. The van der Waals surface area contributed by atoms with Crippen LogP contribution in [0.3, 0.4) is 0 Å². The van der Waals surface area contributed by atoms with Crippen molar-refractivity contribution < 1.29 is 19.2 Å². The fourth-order valence-corrected chi connectivity index (χ4v) is 2.16. The maximum atomic E-state index is 11.8. The smallest absolute Gasteiger partial charge is 0.408 e. The number of nitrogens with zero attached hydrogens (tertiary/aromatic N) is 1. The number of ether oxygens (including phenoxy) is 1. The first-order valence-electron chi connectivity index (χ1n) is 7.44. The van der Waals surface area contributed by atoms with E-state index in [0.29, 0.717) is 5.02 Å². The van der Waals surface area contributed by atoms with Gasteiger partial charge in [-0.2, -0.15) is 0 Å². The lowest BCUT2D eigenvalue weighted by Crippen LogP contribution is -2.42. The molecule has 0 unspecified atom stereocenters. The Bertz CT molecular complexity index is 674. The molecule has 9 heteroatoms. The Labute approximate surface area is 165 Å². The summed E-state index contributed by atoms with van der Waals surface area (Å²) in [6.07, 6.45) is -0.444. The number of hydrogen-bond acceptors (Lipinski definition) is 5. The summed E-state index contributed by atoms with van der Waals surface area (Å²) in [6.45, 7) is 6.61. The molecule has 1 rings (SSSR count). The zero-order valence-corrected chi connectivity index (χ0v) is 17.3. The predicted molar refractivity (Wildman–Crippen MR) is 104 cm³/mol. The molecular formula is C16H21ClIN3O4. The van der Waals surface area contributed by atoms with E-state index >= 15 is 0 Å². The van der Waals surface area contributed by atoms with Crippen molar-refractivity contribution in [3.05, 3.63) is 32.4 Å². The van der Waals surface area contributed by atoms with Gasteiger partial charge in [0.25, 0.3) is 0 Å². The Morgan fingerprint density at radius 3 is 2.60 bits per heavy atom. The Morgan fingerprint density at radius 1 is 1.40 bits per heavy atom. The molecule has 0 aliphatic heterocycles. The molecule has 0 saturated carbocycles. The van der Waals surface area contributed by atoms with E-state index in [0.717, 1.165) is 9.13 Å². The van der Waals surface area contributed by atoms with Crippen LogP contribution in [0.5, 0.6) is 0 Å². The minimum atomic E-state index is -0.931. The third-order valence-corrected chi connectivity index (χ3v) is 4.28. The molecule has 0 aromatic heterocycles. The van der Waals surface area contributed by atoms with Crippen LogP contribution < -0.4 is 11.1 Å². The van der Waals surface area contributed by atoms with Gasteiger partial charge >= 0.3 is 12.1 Å². The van der Waals surface area contributed by atoms with Crippen molar-refractivity contribution in [1.29, 1.82) is 0 Å². The van der Waals surface area contributed by atoms with Gasteiger partial charge in [-0.25, -0.2) is 9.59 Å². The van der Waals surface area contributed by atoms with Gasteiger partial charge in [0.1, 0.15) is 17.5 Å². The number of alkyl carbamates (subject to hydrolysis) is 1. The van der Waals surface area contributed by atoms with Gasteiger partial charge in [-0.1, -0.05) is 22.8 Å². The Hall–Kier alpha value is -1.55. The summed E-state index contributed by atoms with van der Waals surface area (Å²) in [5, 5.41) is 6.55. The molecule has 1 atom stereocenters. The molecule has 0 aliphatic rings. The van der Waals surface area contributed by atoms with Gasteiger partial charge < -0.3 is 20.6 Å². The van der Waals surface area contributed by atoms with Crippen molar-refractivity contribution in [2.24, 2.45) is 10.9 Å². The molecule has 0 aliphatic carbocycles. The first kappa shape index (κ1) is 21.5. The van der Waals surface area contributed by atoms with Crippen LogP contribution in [-0.2, 0) is 20.8 Å². The number of rotatable bonds is 5. The number of oxime groups is 1. The van der Waals surface area contributed by atoms with Gasteiger partial charge in [0.2, 0.25) is 0 Å². The van der Waals surface area contributed by atoms with Crippen LogP contribution in [0.4, 0.5) is 4.79 Å². The van der Waals surface area contributed by atoms with Gasteiger partial charge in [-0.15, -0.1) is 0 Å². The van der Waals surface area contributed by atoms with Crippen molar-refractivity contribution in [1.82, 2.24) is 5.32 Å². The monoisotopic (exact) mass is 481 g/mol. The van der Waals surface area contributed by atoms with Crippen molar-refractivity contribution in [2.75, 3.05) is 0 Å². The van der Waals surface area contributed by atoms with Crippen molar-refractivity contribution >= 4 is 52.1 Å². The number of amidine groups is 1. The fourth-order valence-electron chi connectivity index (χ4n) is 1.62. The number of carbonyl (C=O) groups is 2. The summed E-state index contributed by atoms with van der Waals surface area (Å²) >= 11 is 8.15. The maximum Gasteiger partial charge on any atom is 0.408 e. The van der Waals surface area contributed by atoms with Crippen molar-refractivity contribution in [2.45, 2.75) is 45.8 Å². The third-order valence-electron chi connectivity index (χ3n) is 2.71. The number of amides is 1. The summed E-state index contributed by atoms with van der Waals surface area (Å²) < 4.78 is 5.98. The fraction of sp³-hybridized carbons (Fsp3) is 0.438. The SMILES string of the molecule is C[C@H](NC(=O)OC(C)(C)C)C(=O)O/N=C(\N)Cc1ccc(I)c(Cl)c1. The van der Waals surface area contributed by atoms with E-state index in [4.69, 9.17) is 26.9 Å². The minimum absolute atomic E-state index is 0.107. The zero-order chi connectivity index (χ0) is 19.2. The molecule has 0 bridgehead atoms. The van der Waals surface area contributed by atoms with E-state index in [-0.39, 0.29) is 12.3 Å². The van der Waals surface area contributed by atoms with E-state index in [2.05, 4.69) is 33.1 Å². The van der Waals surface area contributed by atoms with E-state index in [1.54, 1.807) is 26.8 Å². The van der Waals surface area contributed by atoms with Crippen LogP contribution in [0, 0.1) is 3.57 Å². The Balaban J connectivity index is 2.53. The molecule has 0 fully saturated rings. The summed E-state index contributed by atoms with van der Waals surface area (Å²) in [5.74, 6) is -0.649. The molecule has 1 aromatic rings. The molecule has 1 aromatic carbocycles. The van der Waals surface area contributed by atoms with Crippen LogP contribution in [0.25, 0.3) is 0 Å². The summed E-state index contributed by atoms with van der Waals surface area (Å²) in [4.78, 5) is 28.2. The summed E-state index contributed by atoms with van der Waals surface area (Å²) in [5.41, 5.74) is 5.92. The lowest BCUT2D eigenvalue weighted by Gasteiger charge is -2.20. The molecule has 138 valence electrons. The number of carbonyl (C=O) groups excluding carboxylic acids is 2. The standard InChI is InChI=1S/C16H21ClIN3O4/c1-9(20-15(23)24-16(2,3)4)14(22)25-21-13(19)8-10-5-6-12(18)11(17)7-10/h5-7,9H,8H2,1-4H3,(H2,19,21)(H,20,23)/t9-/m0/s1. The average molecular weight is 482 g/mol. The highest BCUT2D eigenvalue weighted by Gasteiger charge is 2.22. The first-order valence-corrected chi connectivity index (χ1v) is 8.90. The van der Waals surface area contributed by atoms with Crippen LogP contribution in [-0.4, -0.2) is 29.5 Å². The first-order chi connectivity index (χ1) is 11.5. The lowest BCUT2D eigenvalue weighted by molar-refractivity contribution is -0.145. The minimum Gasteiger partial charge on any atom is -0.444 e. The highest BCUT2D eigenvalue weighted by molar-refractivity contribution is 14.1. The van der Waals surface area contributed by atoms with Gasteiger partial charge in [0, 0.05) is 9.99 Å². The molecule has 0 saturated heterocycles. The number of halogens is 2. The summed E-state index contributed by atoms with van der Waals surface area (Å²) in [7, 11) is 0. The molecule has 7 nitrogen and oxygen atoms in total.